The van der Waals surface area contributed by atoms with Crippen molar-refractivity contribution in [3.8, 4) is 0 Å². The van der Waals surface area contributed by atoms with Crippen LogP contribution in [-0.4, -0.2) is 18.3 Å². The molecule has 1 aliphatic rings. The number of thioether (sulfide) groups is 1. The van der Waals surface area contributed by atoms with Crippen molar-refractivity contribution in [1.29, 1.82) is 0 Å². The largest absolute Gasteiger partial charge is 0.469 e. The zero-order chi connectivity index (χ0) is 9.97. The van der Waals surface area contributed by atoms with Gasteiger partial charge >= 0.3 is 5.97 Å². The summed E-state index contributed by atoms with van der Waals surface area (Å²) in [4.78, 5) is 12.4. The Morgan fingerprint density at radius 3 is 2.79 bits per heavy atom. The van der Waals surface area contributed by atoms with E-state index in [9.17, 15) is 4.79 Å². The summed E-state index contributed by atoms with van der Waals surface area (Å²) in [6.07, 6.45) is 0.951. The molecule has 0 bridgehead atoms. The minimum atomic E-state index is -0.0709. The molecule has 0 saturated heterocycles. The van der Waals surface area contributed by atoms with Crippen molar-refractivity contribution in [3.05, 3.63) is 30.3 Å². The second kappa shape index (κ2) is 4.05. The van der Waals surface area contributed by atoms with Crippen molar-refractivity contribution >= 4 is 17.7 Å². The maximum atomic E-state index is 11.1. The van der Waals surface area contributed by atoms with Crippen LogP contribution in [0, 0.1) is 5.92 Å². The van der Waals surface area contributed by atoms with Crippen molar-refractivity contribution in [2.45, 2.75) is 16.6 Å². The van der Waals surface area contributed by atoms with Gasteiger partial charge in [-0.3, -0.25) is 4.79 Å². The van der Waals surface area contributed by atoms with Gasteiger partial charge in [0.05, 0.1) is 13.0 Å². The van der Waals surface area contributed by atoms with E-state index < -0.39 is 0 Å². The predicted molar refractivity (Wildman–Crippen MR) is 56.2 cm³/mol. The van der Waals surface area contributed by atoms with E-state index in [1.165, 1.54) is 12.0 Å². The summed E-state index contributed by atoms with van der Waals surface area (Å²) >= 11 is 1.76. The molecule has 1 aromatic carbocycles. The lowest BCUT2D eigenvalue weighted by molar-refractivity contribution is -0.142. The SMILES string of the molecule is COC(=O)C1CC1Sc1ccccc1. The summed E-state index contributed by atoms with van der Waals surface area (Å²) < 4.78 is 4.69. The maximum absolute atomic E-state index is 11.1. The van der Waals surface area contributed by atoms with E-state index in [-0.39, 0.29) is 11.9 Å². The fraction of sp³-hybridized carbons (Fsp3) is 0.364. The Labute approximate surface area is 87.6 Å². The normalized spacial score (nSPS) is 24.4. The van der Waals surface area contributed by atoms with Crippen LogP contribution in [0.15, 0.2) is 35.2 Å². The lowest BCUT2D eigenvalue weighted by atomic mass is 10.4. The Morgan fingerprint density at radius 2 is 2.14 bits per heavy atom. The molecule has 0 aliphatic heterocycles. The first-order valence-corrected chi connectivity index (χ1v) is 5.49. The first kappa shape index (κ1) is 9.59. The molecule has 2 atom stereocenters. The number of esters is 1. The van der Waals surface area contributed by atoms with Crippen LogP contribution >= 0.6 is 11.8 Å². The average molecular weight is 208 g/mol. The Kier molecular flexibility index (Phi) is 2.77. The molecule has 2 nitrogen and oxygen atoms in total. The van der Waals surface area contributed by atoms with Gasteiger partial charge in [0.1, 0.15) is 0 Å². The van der Waals surface area contributed by atoms with Crippen LogP contribution in [0.25, 0.3) is 0 Å². The highest BCUT2D eigenvalue weighted by atomic mass is 32.2. The smallest absolute Gasteiger partial charge is 0.309 e. The fourth-order valence-electron chi connectivity index (χ4n) is 1.38. The van der Waals surface area contributed by atoms with Gasteiger partial charge in [0, 0.05) is 10.1 Å². The van der Waals surface area contributed by atoms with Crippen molar-refractivity contribution in [2.75, 3.05) is 7.11 Å². The third kappa shape index (κ3) is 2.10. The van der Waals surface area contributed by atoms with Gasteiger partial charge in [-0.15, -0.1) is 11.8 Å². The lowest BCUT2D eigenvalue weighted by Crippen LogP contribution is -2.04. The van der Waals surface area contributed by atoms with E-state index in [2.05, 4.69) is 16.9 Å². The van der Waals surface area contributed by atoms with Crippen LogP contribution in [-0.2, 0) is 9.53 Å². The molecule has 14 heavy (non-hydrogen) atoms. The average Bonchev–Trinajstić information content (AvgIpc) is 2.98. The van der Waals surface area contributed by atoms with E-state index in [4.69, 9.17) is 0 Å². The van der Waals surface area contributed by atoms with Crippen molar-refractivity contribution in [3.63, 3.8) is 0 Å². The van der Waals surface area contributed by atoms with Gasteiger partial charge in [-0.05, 0) is 18.6 Å². The number of carbonyl (C=O) groups is 1. The molecule has 2 unspecified atom stereocenters. The molecule has 1 saturated carbocycles. The highest BCUT2D eigenvalue weighted by Crippen LogP contribution is 2.45. The monoisotopic (exact) mass is 208 g/mol. The fourth-order valence-corrected chi connectivity index (χ4v) is 2.62. The molecule has 1 aliphatic carbocycles. The van der Waals surface area contributed by atoms with Crippen LogP contribution in [0.3, 0.4) is 0 Å². The molecular weight excluding hydrogens is 196 g/mol. The van der Waals surface area contributed by atoms with Crippen LogP contribution in [0.2, 0.25) is 0 Å². The highest BCUT2D eigenvalue weighted by molar-refractivity contribution is 8.00. The molecule has 74 valence electrons. The molecule has 0 aromatic heterocycles. The standard InChI is InChI=1S/C11H12O2S/c1-13-11(12)9-7-10(9)14-8-5-3-2-4-6-8/h2-6,9-10H,7H2,1H3. The first-order valence-electron chi connectivity index (χ1n) is 4.61. The second-order valence-electron chi connectivity index (χ2n) is 3.33. The molecule has 1 aromatic rings. The molecule has 0 heterocycles. The molecule has 0 N–H and O–H groups in total. The summed E-state index contributed by atoms with van der Waals surface area (Å²) in [6.45, 7) is 0. The van der Waals surface area contributed by atoms with Gasteiger partial charge in [0.25, 0.3) is 0 Å². The topological polar surface area (TPSA) is 26.3 Å². The van der Waals surface area contributed by atoms with Crippen molar-refractivity contribution in [2.24, 2.45) is 5.92 Å². The van der Waals surface area contributed by atoms with Crippen LogP contribution < -0.4 is 0 Å². The minimum absolute atomic E-state index is 0.0709. The van der Waals surface area contributed by atoms with Gasteiger partial charge in [-0.1, -0.05) is 18.2 Å². The Bertz CT molecular complexity index is 323. The van der Waals surface area contributed by atoms with Crippen LogP contribution in [0.4, 0.5) is 0 Å². The molecule has 0 radical (unpaired) electrons. The zero-order valence-electron chi connectivity index (χ0n) is 7.97. The Morgan fingerprint density at radius 1 is 1.43 bits per heavy atom. The number of hydrogen-bond donors (Lipinski definition) is 0. The summed E-state index contributed by atoms with van der Waals surface area (Å²) in [6, 6.07) is 10.2. The molecule has 0 amide bonds. The van der Waals surface area contributed by atoms with Crippen LogP contribution in [0.1, 0.15) is 6.42 Å². The third-order valence-corrected chi connectivity index (χ3v) is 3.63. The number of ether oxygens (including phenoxy) is 1. The van der Waals surface area contributed by atoms with E-state index in [0.29, 0.717) is 5.25 Å². The van der Waals surface area contributed by atoms with Gasteiger partial charge in [0.2, 0.25) is 0 Å². The number of hydrogen-bond acceptors (Lipinski definition) is 3. The van der Waals surface area contributed by atoms with Gasteiger partial charge in [-0.2, -0.15) is 0 Å². The first-order chi connectivity index (χ1) is 6.81. The molecule has 3 heteroatoms. The number of carbonyl (C=O) groups excluding carboxylic acids is 1. The van der Waals surface area contributed by atoms with Gasteiger partial charge in [-0.25, -0.2) is 0 Å². The summed E-state index contributed by atoms with van der Waals surface area (Å²) in [7, 11) is 1.45. The third-order valence-electron chi connectivity index (χ3n) is 2.27. The molecule has 1 fully saturated rings. The summed E-state index contributed by atoms with van der Waals surface area (Å²) in [5, 5.41) is 0.421. The molecular formula is C11H12O2S. The molecule has 0 spiro atoms. The zero-order valence-corrected chi connectivity index (χ0v) is 8.79. The number of benzene rings is 1. The number of methoxy groups -OCH3 is 1. The van der Waals surface area contributed by atoms with Crippen LogP contribution in [0.5, 0.6) is 0 Å². The van der Waals surface area contributed by atoms with E-state index >= 15 is 0 Å². The summed E-state index contributed by atoms with van der Waals surface area (Å²) in [5.74, 6) is 0.0450. The van der Waals surface area contributed by atoms with E-state index in [1.54, 1.807) is 11.8 Å². The van der Waals surface area contributed by atoms with Crippen molar-refractivity contribution in [1.82, 2.24) is 0 Å². The van der Waals surface area contributed by atoms with Gasteiger partial charge in [0.15, 0.2) is 0 Å². The van der Waals surface area contributed by atoms with E-state index in [0.717, 1.165) is 6.42 Å². The quantitative estimate of drug-likeness (QED) is 0.713. The lowest BCUT2D eigenvalue weighted by Gasteiger charge is -1.99. The Balaban J connectivity index is 1.88. The second-order valence-corrected chi connectivity index (χ2v) is 4.65. The Hall–Kier alpha value is -0.960. The number of rotatable bonds is 3. The maximum Gasteiger partial charge on any atom is 0.309 e. The van der Waals surface area contributed by atoms with Crippen molar-refractivity contribution < 1.29 is 9.53 Å². The van der Waals surface area contributed by atoms with E-state index in [1.807, 2.05) is 18.2 Å². The minimum Gasteiger partial charge on any atom is -0.469 e. The predicted octanol–water partition coefficient (Wildman–Crippen LogP) is 2.34. The van der Waals surface area contributed by atoms with Gasteiger partial charge < -0.3 is 4.74 Å². The highest BCUT2D eigenvalue weighted by Gasteiger charge is 2.44. The molecule has 2 rings (SSSR count). The summed E-state index contributed by atoms with van der Waals surface area (Å²) in [5.41, 5.74) is 0.